The molecule has 1 heterocycles. The number of halogens is 3. The number of esters is 1. The fraction of sp³-hybridized carbons (Fsp3) is 0.250. The molecule has 0 saturated carbocycles. The van der Waals surface area contributed by atoms with Gasteiger partial charge in [0.15, 0.2) is 0 Å². The van der Waals surface area contributed by atoms with E-state index < -0.39 is 23.5 Å². The highest BCUT2D eigenvalue weighted by atomic mass is 127. The summed E-state index contributed by atoms with van der Waals surface area (Å²) in [5, 5.41) is 0. The van der Waals surface area contributed by atoms with Crippen molar-refractivity contribution in [2.24, 2.45) is 0 Å². The van der Waals surface area contributed by atoms with Crippen molar-refractivity contribution in [3.05, 3.63) is 31.2 Å². The molecule has 0 amide bonds. The molecule has 0 saturated heterocycles. The average molecular weight is 329 g/mol. The molecule has 0 aromatic carbocycles. The van der Waals surface area contributed by atoms with Crippen LogP contribution in [0.2, 0.25) is 0 Å². The van der Waals surface area contributed by atoms with Gasteiger partial charge in [-0.25, -0.2) is 13.6 Å². The number of aromatic nitrogens is 1. The maximum Gasteiger partial charge on any atom is 0.340 e. The van der Waals surface area contributed by atoms with Gasteiger partial charge < -0.3 is 9.72 Å². The second-order valence-corrected chi connectivity index (χ2v) is 3.65. The lowest BCUT2D eigenvalue weighted by molar-refractivity contribution is 0.0587. The summed E-state index contributed by atoms with van der Waals surface area (Å²) in [7, 11) is 1.08. The van der Waals surface area contributed by atoms with E-state index >= 15 is 0 Å². The van der Waals surface area contributed by atoms with E-state index in [9.17, 15) is 18.4 Å². The van der Waals surface area contributed by atoms with E-state index in [4.69, 9.17) is 0 Å². The number of H-pyrrole nitrogens is 1. The standard InChI is InChI=1S/C8H6F2INO3/c1-15-8(14)5-3(6(9)10)2-4(13)12-7(5)11/h2,6H,1H3,(H,12,13). The van der Waals surface area contributed by atoms with Gasteiger partial charge in [0.25, 0.3) is 6.43 Å². The van der Waals surface area contributed by atoms with Gasteiger partial charge >= 0.3 is 5.97 Å². The molecule has 0 radical (unpaired) electrons. The minimum absolute atomic E-state index is 0.0438. The zero-order chi connectivity index (χ0) is 11.6. The topological polar surface area (TPSA) is 59.2 Å². The van der Waals surface area contributed by atoms with Crippen LogP contribution in [0.3, 0.4) is 0 Å². The van der Waals surface area contributed by atoms with E-state index in [2.05, 4.69) is 9.72 Å². The Hall–Kier alpha value is -0.990. The van der Waals surface area contributed by atoms with E-state index in [1.54, 1.807) is 22.6 Å². The third-order valence-electron chi connectivity index (χ3n) is 1.65. The first kappa shape index (κ1) is 12.1. The molecule has 0 fully saturated rings. The molecule has 7 heteroatoms. The highest BCUT2D eigenvalue weighted by Crippen LogP contribution is 2.24. The van der Waals surface area contributed by atoms with Gasteiger partial charge in [-0.05, 0) is 22.6 Å². The summed E-state index contributed by atoms with van der Waals surface area (Å²) in [6.45, 7) is 0. The van der Waals surface area contributed by atoms with Gasteiger partial charge in [0.1, 0.15) is 0 Å². The smallest absolute Gasteiger partial charge is 0.340 e. The Morgan fingerprint density at radius 2 is 2.20 bits per heavy atom. The maximum atomic E-state index is 12.5. The molecule has 0 aliphatic carbocycles. The second kappa shape index (κ2) is 4.69. The Balaban J connectivity index is 3.47. The summed E-state index contributed by atoms with van der Waals surface area (Å²) in [5.41, 5.74) is -1.59. The highest BCUT2D eigenvalue weighted by Gasteiger charge is 2.23. The van der Waals surface area contributed by atoms with Gasteiger partial charge in [-0.2, -0.15) is 0 Å². The summed E-state index contributed by atoms with van der Waals surface area (Å²) < 4.78 is 29.4. The van der Waals surface area contributed by atoms with E-state index in [1.165, 1.54) is 0 Å². The van der Waals surface area contributed by atoms with Crippen LogP contribution in [0.4, 0.5) is 8.78 Å². The van der Waals surface area contributed by atoms with E-state index in [0.29, 0.717) is 6.07 Å². The Morgan fingerprint density at radius 3 is 2.67 bits per heavy atom. The van der Waals surface area contributed by atoms with Crippen molar-refractivity contribution in [2.75, 3.05) is 7.11 Å². The van der Waals surface area contributed by atoms with E-state index in [0.717, 1.165) is 7.11 Å². The highest BCUT2D eigenvalue weighted by molar-refractivity contribution is 14.1. The molecular weight excluding hydrogens is 323 g/mol. The molecule has 1 aromatic heterocycles. The SMILES string of the molecule is COC(=O)c1c(C(F)F)cc(=O)[nH]c1I. The van der Waals surface area contributed by atoms with Gasteiger partial charge in [-0.15, -0.1) is 0 Å². The van der Waals surface area contributed by atoms with Crippen molar-refractivity contribution in [2.45, 2.75) is 6.43 Å². The minimum atomic E-state index is -2.89. The molecule has 1 N–H and O–H groups in total. The van der Waals surface area contributed by atoms with Crippen LogP contribution in [0.1, 0.15) is 22.3 Å². The summed E-state index contributed by atoms with van der Waals surface area (Å²) in [6, 6.07) is 0.694. The first-order valence-corrected chi connectivity index (χ1v) is 4.84. The fourth-order valence-electron chi connectivity index (χ4n) is 1.03. The Morgan fingerprint density at radius 1 is 1.60 bits per heavy atom. The number of alkyl halides is 2. The Kier molecular flexibility index (Phi) is 3.77. The molecular formula is C8H6F2INO3. The lowest BCUT2D eigenvalue weighted by Gasteiger charge is -2.07. The average Bonchev–Trinajstić information content (AvgIpc) is 2.15. The molecule has 1 aromatic rings. The first-order valence-electron chi connectivity index (χ1n) is 3.76. The lowest BCUT2D eigenvalue weighted by atomic mass is 10.1. The Labute approximate surface area is 96.8 Å². The summed E-state index contributed by atoms with van der Waals surface area (Å²) >= 11 is 1.59. The number of hydrogen-bond acceptors (Lipinski definition) is 3. The quantitative estimate of drug-likeness (QED) is 0.510. The predicted octanol–water partition coefficient (Wildman–Crippen LogP) is 1.70. The zero-order valence-corrected chi connectivity index (χ0v) is 9.67. The van der Waals surface area contributed by atoms with Gasteiger partial charge in [0, 0.05) is 11.6 Å². The van der Waals surface area contributed by atoms with Crippen molar-refractivity contribution < 1.29 is 18.3 Å². The molecule has 15 heavy (non-hydrogen) atoms. The molecule has 0 aliphatic rings. The number of methoxy groups -OCH3 is 1. The number of ether oxygens (including phenoxy) is 1. The molecule has 0 bridgehead atoms. The third-order valence-corrected chi connectivity index (χ3v) is 2.46. The van der Waals surface area contributed by atoms with Crippen LogP contribution >= 0.6 is 22.6 Å². The normalized spacial score (nSPS) is 10.5. The number of rotatable bonds is 2. The van der Waals surface area contributed by atoms with E-state index in [1.807, 2.05) is 0 Å². The minimum Gasteiger partial charge on any atom is -0.465 e. The van der Waals surface area contributed by atoms with Crippen LogP contribution in [0.15, 0.2) is 10.9 Å². The number of hydrogen-bond donors (Lipinski definition) is 1. The summed E-state index contributed by atoms with van der Waals surface area (Å²) in [6.07, 6.45) is -2.89. The number of carbonyl (C=O) groups is 1. The molecule has 82 valence electrons. The van der Waals surface area contributed by atoms with Crippen LogP contribution in [0, 0.1) is 3.70 Å². The monoisotopic (exact) mass is 329 g/mol. The van der Waals surface area contributed by atoms with Crippen molar-refractivity contribution in [1.82, 2.24) is 4.98 Å². The van der Waals surface area contributed by atoms with Crippen LogP contribution in [0.25, 0.3) is 0 Å². The van der Waals surface area contributed by atoms with Crippen LogP contribution in [0.5, 0.6) is 0 Å². The molecule has 0 aliphatic heterocycles. The van der Waals surface area contributed by atoms with E-state index in [-0.39, 0.29) is 9.26 Å². The zero-order valence-electron chi connectivity index (χ0n) is 7.51. The maximum absolute atomic E-state index is 12.5. The predicted molar refractivity (Wildman–Crippen MR) is 56.1 cm³/mol. The van der Waals surface area contributed by atoms with Crippen molar-refractivity contribution in [1.29, 1.82) is 0 Å². The largest absolute Gasteiger partial charge is 0.465 e. The van der Waals surface area contributed by atoms with Crippen molar-refractivity contribution in [3.8, 4) is 0 Å². The fourth-order valence-corrected chi connectivity index (χ4v) is 1.83. The van der Waals surface area contributed by atoms with Gasteiger partial charge in [-0.3, -0.25) is 4.79 Å². The Bertz CT molecular complexity index is 444. The molecule has 0 atom stereocenters. The molecule has 4 nitrogen and oxygen atoms in total. The lowest BCUT2D eigenvalue weighted by Crippen LogP contribution is -2.17. The molecule has 0 unspecified atom stereocenters. The summed E-state index contributed by atoms with van der Waals surface area (Å²) in [4.78, 5) is 24.4. The molecule has 0 spiro atoms. The van der Waals surface area contributed by atoms with Crippen LogP contribution < -0.4 is 5.56 Å². The van der Waals surface area contributed by atoms with Gasteiger partial charge in [0.2, 0.25) is 5.56 Å². The van der Waals surface area contributed by atoms with Crippen LogP contribution in [-0.2, 0) is 4.74 Å². The first-order chi connectivity index (χ1) is 6.97. The number of nitrogens with one attached hydrogen (secondary N) is 1. The van der Waals surface area contributed by atoms with Crippen molar-refractivity contribution >= 4 is 28.6 Å². The second-order valence-electron chi connectivity index (χ2n) is 2.57. The van der Waals surface area contributed by atoms with Crippen LogP contribution in [-0.4, -0.2) is 18.1 Å². The summed E-state index contributed by atoms with van der Waals surface area (Å²) in [5.74, 6) is -0.897. The van der Waals surface area contributed by atoms with Gasteiger partial charge in [-0.1, -0.05) is 0 Å². The number of pyridine rings is 1. The third kappa shape index (κ3) is 2.52. The van der Waals surface area contributed by atoms with Crippen molar-refractivity contribution in [3.63, 3.8) is 0 Å². The van der Waals surface area contributed by atoms with Gasteiger partial charge in [0.05, 0.1) is 16.4 Å². The molecule has 1 rings (SSSR count). The number of carbonyl (C=O) groups excluding carboxylic acids is 1. The number of aromatic amines is 1.